The van der Waals surface area contributed by atoms with Gasteiger partial charge in [-0.2, -0.15) is 11.3 Å². The van der Waals surface area contributed by atoms with Gasteiger partial charge in [-0.25, -0.2) is 8.42 Å². The Balaban J connectivity index is 1.63. The fourth-order valence-electron chi connectivity index (χ4n) is 3.23. The van der Waals surface area contributed by atoms with E-state index in [1.165, 1.54) is 41.0 Å². The fraction of sp³-hybridized carbons (Fsp3) is 0.167. The van der Waals surface area contributed by atoms with E-state index in [1.807, 2.05) is 0 Å². The Labute approximate surface area is 164 Å². The maximum atomic E-state index is 12.8. The summed E-state index contributed by atoms with van der Waals surface area (Å²) in [5, 5.41) is 5.69. The van der Waals surface area contributed by atoms with E-state index in [1.54, 1.807) is 5.38 Å². The molecular weight excluding hydrogens is 402 g/mol. The lowest BCUT2D eigenvalue weighted by Crippen LogP contribution is -2.51. The van der Waals surface area contributed by atoms with Crippen LogP contribution in [-0.2, 0) is 14.8 Å². The van der Waals surface area contributed by atoms with E-state index in [2.05, 4.69) is 16.6 Å². The van der Waals surface area contributed by atoms with E-state index < -0.39 is 33.8 Å². The van der Waals surface area contributed by atoms with Crippen LogP contribution in [0, 0.1) is 0 Å². The first-order valence-corrected chi connectivity index (χ1v) is 10.8. The SMILES string of the molecule is C=C1CCC(N2C(=O)c3ccc(NS(=O)(=O)c4ccsc4)cc3C2=O)C(=O)N1. The maximum absolute atomic E-state index is 12.8. The number of rotatable bonds is 4. The fourth-order valence-corrected chi connectivity index (χ4v) is 5.31. The van der Waals surface area contributed by atoms with Crippen LogP contribution in [0.15, 0.2) is 52.2 Å². The van der Waals surface area contributed by atoms with Crippen LogP contribution in [0.1, 0.15) is 33.6 Å². The van der Waals surface area contributed by atoms with Gasteiger partial charge in [-0.15, -0.1) is 0 Å². The van der Waals surface area contributed by atoms with Crippen molar-refractivity contribution in [1.82, 2.24) is 10.2 Å². The lowest BCUT2D eigenvalue weighted by Gasteiger charge is -2.29. The topological polar surface area (TPSA) is 113 Å². The van der Waals surface area contributed by atoms with Crippen LogP contribution in [-0.4, -0.2) is 37.1 Å². The molecule has 10 heteroatoms. The Morgan fingerprint density at radius 2 is 1.89 bits per heavy atom. The number of carbonyl (C=O) groups excluding carboxylic acids is 3. The summed E-state index contributed by atoms with van der Waals surface area (Å²) in [7, 11) is -3.79. The van der Waals surface area contributed by atoms with Gasteiger partial charge in [-0.05, 0) is 42.5 Å². The Bertz CT molecular complexity index is 1120. The van der Waals surface area contributed by atoms with Gasteiger partial charge in [-0.3, -0.25) is 24.0 Å². The zero-order valence-corrected chi connectivity index (χ0v) is 16.1. The van der Waals surface area contributed by atoms with E-state index >= 15 is 0 Å². The summed E-state index contributed by atoms with van der Waals surface area (Å²) >= 11 is 1.25. The van der Waals surface area contributed by atoms with Crippen molar-refractivity contribution in [3.8, 4) is 0 Å². The molecule has 0 aliphatic carbocycles. The number of benzene rings is 1. The predicted octanol–water partition coefficient (Wildman–Crippen LogP) is 1.94. The first-order valence-electron chi connectivity index (χ1n) is 8.33. The largest absolute Gasteiger partial charge is 0.329 e. The highest BCUT2D eigenvalue weighted by Gasteiger charge is 2.44. The maximum Gasteiger partial charge on any atom is 0.262 e. The van der Waals surface area contributed by atoms with Gasteiger partial charge in [0.05, 0.1) is 16.0 Å². The molecule has 0 bridgehead atoms. The van der Waals surface area contributed by atoms with Crippen molar-refractivity contribution in [3.63, 3.8) is 0 Å². The van der Waals surface area contributed by atoms with E-state index in [-0.39, 0.29) is 21.7 Å². The van der Waals surface area contributed by atoms with Gasteiger partial charge in [0.2, 0.25) is 5.91 Å². The molecule has 1 aromatic carbocycles. The summed E-state index contributed by atoms with van der Waals surface area (Å²) in [4.78, 5) is 38.7. The number of amides is 3. The summed E-state index contributed by atoms with van der Waals surface area (Å²) in [5.74, 6) is -1.65. The van der Waals surface area contributed by atoms with Crippen LogP contribution in [0.3, 0.4) is 0 Å². The molecule has 1 unspecified atom stereocenters. The van der Waals surface area contributed by atoms with Gasteiger partial charge < -0.3 is 5.32 Å². The molecule has 3 heterocycles. The van der Waals surface area contributed by atoms with Crippen LogP contribution in [0.5, 0.6) is 0 Å². The predicted molar refractivity (Wildman–Crippen MR) is 102 cm³/mol. The van der Waals surface area contributed by atoms with Crippen LogP contribution < -0.4 is 10.0 Å². The normalized spacial score (nSPS) is 19.6. The lowest BCUT2D eigenvalue weighted by atomic mass is 10.0. The van der Waals surface area contributed by atoms with Gasteiger partial charge in [0.25, 0.3) is 21.8 Å². The van der Waals surface area contributed by atoms with Crippen LogP contribution in [0.4, 0.5) is 5.69 Å². The van der Waals surface area contributed by atoms with Crippen LogP contribution >= 0.6 is 11.3 Å². The molecule has 2 N–H and O–H groups in total. The number of hydrogen-bond donors (Lipinski definition) is 2. The molecule has 1 atom stereocenters. The number of anilines is 1. The number of hydrogen-bond acceptors (Lipinski definition) is 6. The van der Waals surface area contributed by atoms with Gasteiger partial charge in [-0.1, -0.05) is 6.58 Å². The zero-order valence-electron chi connectivity index (χ0n) is 14.5. The quantitative estimate of drug-likeness (QED) is 0.738. The van der Waals surface area contributed by atoms with E-state index in [9.17, 15) is 22.8 Å². The molecule has 2 aliphatic rings. The van der Waals surface area contributed by atoms with E-state index in [0.29, 0.717) is 18.5 Å². The van der Waals surface area contributed by atoms with E-state index in [4.69, 9.17) is 0 Å². The number of allylic oxidation sites excluding steroid dienone is 1. The molecule has 2 aromatic rings. The van der Waals surface area contributed by atoms with Crippen molar-refractivity contribution >= 4 is 44.8 Å². The molecular formula is C18H15N3O5S2. The number of carbonyl (C=O) groups is 3. The molecule has 1 saturated heterocycles. The lowest BCUT2D eigenvalue weighted by molar-refractivity contribution is -0.125. The number of piperidine rings is 1. The Morgan fingerprint density at radius 1 is 1.14 bits per heavy atom. The highest BCUT2D eigenvalue weighted by atomic mass is 32.2. The smallest absolute Gasteiger partial charge is 0.262 e. The first kappa shape index (κ1) is 18.4. The second-order valence-electron chi connectivity index (χ2n) is 6.45. The molecule has 8 nitrogen and oxygen atoms in total. The summed E-state index contributed by atoms with van der Waals surface area (Å²) in [6.45, 7) is 3.69. The molecule has 28 heavy (non-hydrogen) atoms. The minimum Gasteiger partial charge on any atom is -0.329 e. The van der Waals surface area contributed by atoms with Gasteiger partial charge >= 0.3 is 0 Å². The van der Waals surface area contributed by atoms with Crippen molar-refractivity contribution in [2.75, 3.05) is 4.72 Å². The van der Waals surface area contributed by atoms with Crippen LogP contribution in [0.25, 0.3) is 0 Å². The van der Waals surface area contributed by atoms with Crippen molar-refractivity contribution in [1.29, 1.82) is 0 Å². The minimum absolute atomic E-state index is 0.0627. The van der Waals surface area contributed by atoms with Crippen molar-refractivity contribution < 1.29 is 22.8 Å². The average Bonchev–Trinajstić information content (AvgIpc) is 3.25. The van der Waals surface area contributed by atoms with Crippen molar-refractivity contribution in [3.05, 3.63) is 58.4 Å². The monoisotopic (exact) mass is 417 g/mol. The summed E-state index contributed by atoms with van der Waals surface area (Å²) < 4.78 is 27.1. The third-order valence-corrected chi connectivity index (χ3v) is 6.82. The Hall–Kier alpha value is -2.98. The average molecular weight is 417 g/mol. The summed E-state index contributed by atoms with van der Waals surface area (Å²) in [6.07, 6.45) is 0.767. The van der Waals surface area contributed by atoms with E-state index in [0.717, 1.165) is 4.90 Å². The van der Waals surface area contributed by atoms with Crippen molar-refractivity contribution in [2.24, 2.45) is 0 Å². The number of fused-ring (bicyclic) bond motifs is 1. The molecule has 2 aliphatic heterocycles. The minimum atomic E-state index is -3.79. The molecule has 0 spiro atoms. The van der Waals surface area contributed by atoms with Crippen LogP contribution in [0.2, 0.25) is 0 Å². The van der Waals surface area contributed by atoms with Crippen molar-refractivity contribution in [2.45, 2.75) is 23.8 Å². The molecule has 0 saturated carbocycles. The summed E-state index contributed by atoms with van der Waals surface area (Å²) in [5.41, 5.74) is 0.908. The standard InChI is InChI=1S/C18H15N3O5S2/c1-10-2-5-15(16(22)19-10)21-17(23)13-4-3-11(8-14(13)18(21)24)20-28(25,26)12-6-7-27-9-12/h3-4,6-9,15,20H,1-2,5H2,(H,19,22). The highest BCUT2D eigenvalue weighted by Crippen LogP contribution is 2.31. The van der Waals surface area contributed by atoms with Gasteiger partial charge in [0.15, 0.2) is 0 Å². The van der Waals surface area contributed by atoms with Gasteiger partial charge in [0.1, 0.15) is 6.04 Å². The zero-order chi connectivity index (χ0) is 20.1. The summed E-state index contributed by atoms with van der Waals surface area (Å²) in [6, 6.07) is 4.68. The van der Waals surface area contributed by atoms with Gasteiger partial charge in [0, 0.05) is 16.8 Å². The second-order valence-corrected chi connectivity index (χ2v) is 8.91. The highest BCUT2D eigenvalue weighted by molar-refractivity contribution is 7.92. The molecule has 0 radical (unpaired) electrons. The Kier molecular flexibility index (Phi) is 4.31. The first-order chi connectivity index (χ1) is 13.3. The molecule has 1 aromatic heterocycles. The third kappa shape index (κ3) is 3.00. The number of imide groups is 1. The second kappa shape index (κ2) is 6.57. The number of nitrogens with zero attached hydrogens (tertiary/aromatic N) is 1. The number of thiophene rings is 1. The molecule has 1 fully saturated rings. The Morgan fingerprint density at radius 3 is 2.57 bits per heavy atom. The molecule has 144 valence electrons. The molecule has 3 amide bonds. The third-order valence-electron chi connectivity index (χ3n) is 4.61. The number of sulfonamides is 1. The number of nitrogens with one attached hydrogen (secondary N) is 2. The molecule has 4 rings (SSSR count).